The van der Waals surface area contributed by atoms with Gasteiger partial charge in [-0.2, -0.15) is 0 Å². The molecule has 0 amide bonds. The maximum absolute atomic E-state index is 2.47. The van der Waals surface area contributed by atoms with Crippen LogP contribution in [0.1, 0.15) is 0 Å². The van der Waals surface area contributed by atoms with Crippen molar-refractivity contribution in [1.82, 2.24) is 4.57 Å². The van der Waals surface area contributed by atoms with Gasteiger partial charge >= 0.3 is 0 Å². The van der Waals surface area contributed by atoms with Crippen LogP contribution in [0.2, 0.25) is 0 Å². The molecule has 0 saturated heterocycles. The minimum absolute atomic E-state index is 1.17. The Morgan fingerprint density at radius 2 is 1.10 bits per heavy atom. The molecule has 0 aliphatic rings. The molecule has 0 aliphatic carbocycles. The smallest absolute Gasteiger partial charge is 0.0625 e. The molecule has 2 nitrogen and oxygen atoms in total. The fraction of sp³-hybridized carbons (Fsp3) is 0.0270. The van der Waals surface area contributed by atoms with Crippen molar-refractivity contribution in [3.05, 3.63) is 140 Å². The van der Waals surface area contributed by atoms with Gasteiger partial charge in [0.15, 0.2) is 0 Å². The van der Waals surface area contributed by atoms with Gasteiger partial charge in [0.05, 0.1) is 11.0 Å². The number of hydrogen-bond acceptors (Lipinski definition) is 1. The zero-order valence-corrected chi connectivity index (χ0v) is 21.7. The second-order valence-corrected chi connectivity index (χ2v) is 10.3. The highest BCUT2D eigenvalue weighted by molar-refractivity contribution is 6.32. The number of fused-ring (bicyclic) bond motifs is 9. The van der Waals surface area contributed by atoms with E-state index >= 15 is 0 Å². The first kappa shape index (κ1) is 22.0. The molecule has 184 valence electrons. The maximum Gasteiger partial charge on any atom is 0.0625 e. The van der Waals surface area contributed by atoms with Gasteiger partial charge in [0, 0.05) is 40.3 Å². The Morgan fingerprint density at radius 3 is 1.90 bits per heavy atom. The fourth-order valence-electron chi connectivity index (χ4n) is 6.26. The van der Waals surface area contributed by atoms with Crippen LogP contribution in [0.4, 0.5) is 11.4 Å². The van der Waals surface area contributed by atoms with Crippen molar-refractivity contribution in [1.29, 1.82) is 0 Å². The summed E-state index contributed by atoms with van der Waals surface area (Å²) in [6.07, 6.45) is 0. The first-order chi connectivity index (χ1) is 19.3. The lowest BCUT2D eigenvalue weighted by molar-refractivity contribution is 1.18. The zero-order chi connectivity index (χ0) is 25.9. The van der Waals surface area contributed by atoms with Gasteiger partial charge in [-0.1, -0.05) is 97.1 Å². The summed E-state index contributed by atoms with van der Waals surface area (Å²) in [5.41, 5.74) is 5.99. The summed E-state index contributed by atoms with van der Waals surface area (Å²) >= 11 is 0. The third-order valence-corrected chi connectivity index (χ3v) is 8.14. The molecular weight excluding hydrogens is 472 g/mol. The van der Waals surface area contributed by atoms with Gasteiger partial charge in [-0.25, -0.2) is 0 Å². The SMILES string of the molecule is CN(c1ccccc1)c1ccc2c(c1)c1c3ccccc3c3ccccc3c1n2-c1ccc2ccccc2c1. The molecule has 0 saturated carbocycles. The highest BCUT2D eigenvalue weighted by atomic mass is 15.1. The first-order valence-electron chi connectivity index (χ1n) is 13.4. The van der Waals surface area contributed by atoms with Gasteiger partial charge < -0.3 is 9.47 Å². The molecule has 8 aromatic rings. The molecule has 1 heterocycles. The van der Waals surface area contributed by atoms with Crippen LogP contribution in [-0.4, -0.2) is 11.6 Å². The predicted octanol–water partition coefficient (Wildman–Crippen LogP) is 10.0. The van der Waals surface area contributed by atoms with E-state index in [2.05, 4.69) is 156 Å². The molecule has 0 aliphatic heterocycles. The Balaban J connectivity index is 1.55. The number of benzene rings is 7. The van der Waals surface area contributed by atoms with E-state index in [9.17, 15) is 0 Å². The van der Waals surface area contributed by atoms with Gasteiger partial charge in [0.2, 0.25) is 0 Å². The molecule has 7 aromatic carbocycles. The van der Waals surface area contributed by atoms with Crippen LogP contribution < -0.4 is 4.90 Å². The summed E-state index contributed by atoms with van der Waals surface area (Å²) in [5.74, 6) is 0. The van der Waals surface area contributed by atoms with Crippen molar-refractivity contribution < 1.29 is 0 Å². The van der Waals surface area contributed by atoms with E-state index in [0.29, 0.717) is 0 Å². The summed E-state index contributed by atoms with van der Waals surface area (Å²) in [7, 11) is 2.15. The average molecular weight is 499 g/mol. The summed E-state index contributed by atoms with van der Waals surface area (Å²) in [6, 6.07) is 50.6. The summed E-state index contributed by atoms with van der Waals surface area (Å²) < 4.78 is 2.47. The third kappa shape index (κ3) is 3.28. The molecule has 0 bridgehead atoms. The van der Waals surface area contributed by atoms with Crippen LogP contribution in [0.25, 0.3) is 59.8 Å². The van der Waals surface area contributed by atoms with Crippen molar-refractivity contribution in [3.8, 4) is 5.69 Å². The molecule has 2 heteroatoms. The zero-order valence-electron chi connectivity index (χ0n) is 21.7. The number of nitrogens with zero attached hydrogens (tertiary/aromatic N) is 2. The Bertz CT molecular complexity index is 2190. The van der Waals surface area contributed by atoms with Crippen molar-refractivity contribution >= 4 is 65.5 Å². The van der Waals surface area contributed by atoms with E-state index < -0.39 is 0 Å². The lowest BCUT2D eigenvalue weighted by atomic mass is 9.96. The molecule has 0 spiro atoms. The number of para-hydroxylation sites is 1. The molecule has 0 N–H and O–H groups in total. The molecular formula is C37H26N2. The Kier molecular flexibility index (Phi) is 4.77. The number of aromatic nitrogens is 1. The van der Waals surface area contributed by atoms with Gasteiger partial charge in [0.1, 0.15) is 0 Å². The first-order valence-corrected chi connectivity index (χ1v) is 13.4. The van der Waals surface area contributed by atoms with E-state index in [4.69, 9.17) is 0 Å². The Labute approximate surface area is 226 Å². The largest absolute Gasteiger partial charge is 0.345 e. The van der Waals surface area contributed by atoms with Gasteiger partial charge in [-0.15, -0.1) is 0 Å². The number of anilines is 2. The van der Waals surface area contributed by atoms with Crippen LogP contribution in [-0.2, 0) is 0 Å². The standard InChI is InChI=1S/C37H26N2/c1-38(27-13-3-2-4-14-27)28-21-22-35-34(24-28)36-32-17-9-7-15-30(32)31-16-8-10-18-33(31)37(36)39(35)29-20-19-25-11-5-6-12-26(25)23-29/h2-24H,1H3. The number of hydrogen-bond donors (Lipinski definition) is 0. The quantitative estimate of drug-likeness (QED) is 0.220. The van der Waals surface area contributed by atoms with Crippen LogP contribution >= 0.6 is 0 Å². The van der Waals surface area contributed by atoms with Gasteiger partial charge in [-0.05, 0) is 69.4 Å². The monoisotopic (exact) mass is 498 g/mol. The third-order valence-electron chi connectivity index (χ3n) is 8.14. The Morgan fingerprint density at radius 1 is 0.462 bits per heavy atom. The van der Waals surface area contributed by atoms with Crippen LogP contribution in [0.15, 0.2) is 140 Å². The molecule has 0 fully saturated rings. The molecule has 0 unspecified atom stereocenters. The summed E-state index contributed by atoms with van der Waals surface area (Å²) in [4.78, 5) is 2.27. The fourth-order valence-corrected chi connectivity index (χ4v) is 6.26. The highest BCUT2D eigenvalue weighted by Crippen LogP contribution is 2.43. The number of rotatable bonds is 3. The lowest BCUT2D eigenvalue weighted by Gasteiger charge is -2.19. The molecule has 1 aromatic heterocycles. The molecule has 0 atom stereocenters. The minimum atomic E-state index is 1.17. The summed E-state index contributed by atoms with van der Waals surface area (Å²) in [5, 5.41) is 10.2. The minimum Gasteiger partial charge on any atom is -0.345 e. The van der Waals surface area contributed by atoms with Crippen molar-refractivity contribution in [3.63, 3.8) is 0 Å². The van der Waals surface area contributed by atoms with E-state index in [1.165, 1.54) is 71.2 Å². The van der Waals surface area contributed by atoms with E-state index in [1.54, 1.807) is 0 Å². The summed E-state index contributed by atoms with van der Waals surface area (Å²) in [6.45, 7) is 0. The second kappa shape index (κ2) is 8.47. The van der Waals surface area contributed by atoms with E-state index in [1.807, 2.05) is 0 Å². The topological polar surface area (TPSA) is 8.17 Å². The van der Waals surface area contributed by atoms with E-state index in [-0.39, 0.29) is 0 Å². The van der Waals surface area contributed by atoms with Crippen LogP contribution in [0, 0.1) is 0 Å². The molecule has 8 rings (SSSR count). The van der Waals surface area contributed by atoms with Crippen molar-refractivity contribution in [2.24, 2.45) is 0 Å². The van der Waals surface area contributed by atoms with E-state index in [0.717, 1.165) is 0 Å². The van der Waals surface area contributed by atoms with Crippen LogP contribution in [0.5, 0.6) is 0 Å². The van der Waals surface area contributed by atoms with Crippen molar-refractivity contribution in [2.45, 2.75) is 0 Å². The normalized spacial score (nSPS) is 11.7. The van der Waals surface area contributed by atoms with Gasteiger partial charge in [0.25, 0.3) is 0 Å². The maximum atomic E-state index is 2.47. The molecule has 0 radical (unpaired) electrons. The lowest BCUT2D eigenvalue weighted by Crippen LogP contribution is -2.08. The van der Waals surface area contributed by atoms with Gasteiger partial charge in [-0.3, -0.25) is 0 Å². The second-order valence-electron chi connectivity index (χ2n) is 10.3. The Hall–Kier alpha value is -5.08. The highest BCUT2D eigenvalue weighted by Gasteiger charge is 2.20. The molecule has 39 heavy (non-hydrogen) atoms. The van der Waals surface area contributed by atoms with Crippen molar-refractivity contribution in [2.75, 3.05) is 11.9 Å². The predicted molar refractivity (Wildman–Crippen MR) is 168 cm³/mol. The van der Waals surface area contributed by atoms with Crippen LogP contribution in [0.3, 0.4) is 0 Å². The average Bonchev–Trinajstić information content (AvgIpc) is 3.36.